The zero-order chi connectivity index (χ0) is 17.2. The molecule has 0 fully saturated rings. The van der Waals surface area contributed by atoms with Crippen molar-refractivity contribution in [3.8, 4) is 11.8 Å². The van der Waals surface area contributed by atoms with Gasteiger partial charge in [0.25, 0.3) is 0 Å². The Labute approximate surface area is 134 Å². The van der Waals surface area contributed by atoms with Gasteiger partial charge in [-0.15, -0.1) is 5.92 Å². The van der Waals surface area contributed by atoms with Crippen LogP contribution in [0.3, 0.4) is 0 Å². The van der Waals surface area contributed by atoms with Crippen LogP contribution in [0, 0.1) is 23.2 Å². The molecule has 4 heteroatoms. The molecule has 0 spiro atoms. The Hall–Kier alpha value is -1.76. The van der Waals surface area contributed by atoms with Crippen LogP contribution < -0.4 is 0 Å². The lowest BCUT2D eigenvalue weighted by atomic mass is 9.86. The summed E-state index contributed by atoms with van der Waals surface area (Å²) >= 11 is 0. The zero-order valence-corrected chi connectivity index (χ0v) is 14.6. The molecule has 4 nitrogen and oxygen atoms in total. The standard InChI is InChI=1S/C18H28O4/c1-7-9-15(8-2)22-17(20)11-10-16(19)21-13-14(3)12-18(4,5)6/h10-11,14-15H,8,12-13H2,1-6H3/b11-10+. The number of hydrogen-bond donors (Lipinski definition) is 0. The van der Waals surface area contributed by atoms with Gasteiger partial charge < -0.3 is 9.47 Å². The minimum atomic E-state index is -0.589. The maximum atomic E-state index is 11.6. The summed E-state index contributed by atoms with van der Waals surface area (Å²) in [5.74, 6) is 4.62. The first kappa shape index (κ1) is 20.2. The van der Waals surface area contributed by atoms with Crippen molar-refractivity contribution in [2.45, 2.75) is 60.5 Å². The highest BCUT2D eigenvalue weighted by Gasteiger charge is 2.16. The third kappa shape index (κ3) is 11.0. The van der Waals surface area contributed by atoms with Crippen LogP contribution in [0.5, 0.6) is 0 Å². The summed E-state index contributed by atoms with van der Waals surface area (Å²) in [5, 5.41) is 0. The van der Waals surface area contributed by atoms with Gasteiger partial charge in [-0.1, -0.05) is 40.5 Å². The SMILES string of the molecule is CC#CC(CC)OC(=O)/C=C/C(=O)OCC(C)CC(C)(C)C. The fraction of sp³-hybridized carbons (Fsp3) is 0.667. The van der Waals surface area contributed by atoms with Crippen molar-refractivity contribution >= 4 is 11.9 Å². The second-order valence-electron chi connectivity index (χ2n) is 6.56. The summed E-state index contributed by atoms with van der Waals surface area (Å²) in [6.07, 6.45) is 3.30. The molecule has 124 valence electrons. The minimum absolute atomic E-state index is 0.195. The van der Waals surface area contributed by atoms with Crippen molar-refractivity contribution in [1.29, 1.82) is 0 Å². The topological polar surface area (TPSA) is 52.6 Å². The predicted molar refractivity (Wildman–Crippen MR) is 87.0 cm³/mol. The molecule has 0 radical (unpaired) electrons. The van der Waals surface area contributed by atoms with E-state index >= 15 is 0 Å². The molecule has 0 saturated heterocycles. The average Bonchev–Trinajstić information content (AvgIpc) is 2.40. The molecule has 0 aliphatic carbocycles. The molecule has 0 aromatic carbocycles. The van der Waals surface area contributed by atoms with E-state index in [-0.39, 0.29) is 11.3 Å². The van der Waals surface area contributed by atoms with Crippen LogP contribution in [0.4, 0.5) is 0 Å². The van der Waals surface area contributed by atoms with E-state index in [9.17, 15) is 9.59 Å². The van der Waals surface area contributed by atoms with E-state index in [1.54, 1.807) is 6.92 Å². The van der Waals surface area contributed by atoms with Crippen LogP contribution >= 0.6 is 0 Å². The van der Waals surface area contributed by atoms with Gasteiger partial charge in [-0.25, -0.2) is 9.59 Å². The molecule has 2 atom stereocenters. The first-order valence-electron chi connectivity index (χ1n) is 7.65. The first-order valence-corrected chi connectivity index (χ1v) is 7.65. The van der Waals surface area contributed by atoms with E-state index < -0.39 is 18.0 Å². The zero-order valence-electron chi connectivity index (χ0n) is 14.6. The van der Waals surface area contributed by atoms with E-state index in [1.165, 1.54) is 0 Å². The van der Waals surface area contributed by atoms with E-state index in [0.717, 1.165) is 18.6 Å². The third-order valence-electron chi connectivity index (χ3n) is 2.76. The van der Waals surface area contributed by atoms with Crippen molar-refractivity contribution in [2.24, 2.45) is 11.3 Å². The van der Waals surface area contributed by atoms with Crippen molar-refractivity contribution in [3.63, 3.8) is 0 Å². The molecule has 0 amide bonds. The van der Waals surface area contributed by atoms with Crippen LogP contribution in [0.15, 0.2) is 12.2 Å². The third-order valence-corrected chi connectivity index (χ3v) is 2.76. The van der Waals surface area contributed by atoms with Gasteiger partial charge >= 0.3 is 11.9 Å². The number of hydrogen-bond acceptors (Lipinski definition) is 4. The Morgan fingerprint density at radius 2 is 1.77 bits per heavy atom. The Bertz CT molecular complexity index is 446. The van der Waals surface area contributed by atoms with Gasteiger partial charge in [-0.3, -0.25) is 0 Å². The highest BCUT2D eigenvalue weighted by atomic mass is 16.5. The van der Waals surface area contributed by atoms with Gasteiger partial charge in [-0.05, 0) is 31.1 Å². The monoisotopic (exact) mass is 308 g/mol. The Morgan fingerprint density at radius 1 is 1.18 bits per heavy atom. The molecular formula is C18H28O4. The molecule has 0 rings (SSSR count). The molecular weight excluding hydrogens is 280 g/mol. The van der Waals surface area contributed by atoms with Gasteiger partial charge in [0.05, 0.1) is 6.61 Å². The van der Waals surface area contributed by atoms with E-state index in [0.29, 0.717) is 13.0 Å². The first-order chi connectivity index (χ1) is 10.2. The maximum absolute atomic E-state index is 11.6. The summed E-state index contributed by atoms with van der Waals surface area (Å²) in [5.41, 5.74) is 0.195. The van der Waals surface area contributed by atoms with Crippen LogP contribution in [0.25, 0.3) is 0 Å². The molecule has 0 N–H and O–H groups in total. The smallest absolute Gasteiger partial charge is 0.332 e. The lowest BCUT2D eigenvalue weighted by molar-refractivity contribution is -0.142. The molecule has 2 unspecified atom stereocenters. The Morgan fingerprint density at radius 3 is 2.27 bits per heavy atom. The van der Waals surface area contributed by atoms with E-state index in [1.807, 2.05) is 13.8 Å². The van der Waals surface area contributed by atoms with Crippen molar-refractivity contribution in [1.82, 2.24) is 0 Å². The number of ether oxygens (including phenoxy) is 2. The molecule has 0 saturated carbocycles. The summed E-state index contributed by atoms with van der Waals surface area (Å²) in [6.45, 7) is 12.4. The quantitative estimate of drug-likeness (QED) is 0.410. The Kier molecular flexibility index (Phi) is 9.24. The number of rotatable bonds is 7. The van der Waals surface area contributed by atoms with Gasteiger partial charge in [0, 0.05) is 12.2 Å². The lowest BCUT2D eigenvalue weighted by Gasteiger charge is -2.22. The summed E-state index contributed by atoms with van der Waals surface area (Å²) in [7, 11) is 0. The summed E-state index contributed by atoms with van der Waals surface area (Å²) in [6, 6.07) is 0. The number of carbonyl (C=O) groups excluding carboxylic acids is 2. The summed E-state index contributed by atoms with van der Waals surface area (Å²) < 4.78 is 10.2. The van der Waals surface area contributed by atoms with E-state index in [2.05, 4.69) is 32.6 Å². The highest BCUT2D eigenvalue weighted by molar-refractivity contribution is 5.91. The number of carbonyl (C=O) groups is 2. The van der Waals surface area contributed by atoms with Crippen LogP contribution in [0.2, 0.25) is 0 Å². The fourth-order valence-corrected chi connectivity index (χ4v) is 2.07. The molecule has 0 bridgehead atoms. The lowest BCUT2D eigenvalue weighted by Crippen LogP contribution is -2.17. The molecule has 0 aliphatic rings. The predicted octanol–water partition coefficient (Wildman–Crippen LogP) is 3.50. The Balaban J connectivity index is 4.19. The van der Waals surface area contributed by atoms with E-state index in [4.69, 9.17) is 9.47 Å². The fourth-order valence-electron chi connectivity index (χ4n) is 2.07. The molecule has 0 aromatic rings. The normalized spacial score (nSPS) is 13.9. The van der Waals surface area contributed by atoms with Gasteiger partial charge in [0.15, 0.2) is 6.10 Å². The van der Waals surface area contributed by atoms with Crippen molar-refractivity contribution < 1.29 is 19.1 Å². The van der Waals surface area contributed by atoms with Gasteiger partial charge in [0.2, 0.25) is 0 Å². The van der Waals surface area contributed by atoms with Gasteiger partial charge in [-0.2, -0.15) is 0 Å². The molecule has 22 heavy (non-hydrogen) atoms. The molecule has 0 aliphatic heterocycles. The molecule has 0 heterocycles. The highest BCUT2D eigenvalue weighted by Crippen LogP contribution is 2.24. The largest absolute Gasteiger partial charge is 0.462 e. The van der Waals surface area contributed by atoms with Crippen LogP contribution in [0.1, 0.15) is 54.4 Å². The average molecular weight is 308 g/mol. The second kappa shape index (κ2) is 10.0. The summed E-state index contributed by atoms with van der Waals surface area (Å²) in [4.78, 5) is 23.1. The minimum Gasteiger partial charge on any atom is -0.462 e. The van der Waals surface area contributed by atoms with Crippen molar-refractivity contribution in [2.75, 3.05) is 6.61 Å². The number of esters is 2. The second-order valence-corrected chi connectivity index (χ2v) is 6.56. The van der Waals surface area contributed by atoms with Crippen LogP contribution in [-0.4, -0.2) is 24.6 Å². The van der Waals surface area contributed by atoms with Crippen LogP contribution in [-0.2, 0) is 19.1 Å². The van der Waals surface area contributed by atoms with Crippen molar-refractivity contribution in [3.05, 3.63) is 12.2 Å². The molecule has 0 aromatic heterocycles. The maximum Gasteiger partial charge on any atom is 0.332 e. The van der Waals surface area contributed by atoms with Gasteiger partial charge in [0.1, 0.15) is 0 Å².